The summed E-state index contributed by atoms with van der Waals surface area (Å²) in [4.78, 5) is 0.266. The van der Waals surface area contributed by atoms with Gasteiger partial charge < -0.3 is 9.84 Å². The third kappa shape index (κ3) is 3.24. The number of nitrogens with one attached hydrogen (secondary N) is 1. The number of para-hydroxylation sites is 1. The lowest BCUT2D eigenvalue weighted by Gasteiger charge is -2.34. The van der Waals surface area contributed by atoms with E-state index in [-0.39, 0.29) is 11.4 Å². The van der Waals surface area contributed by atoms with Gasteiger partial charge in [-0.25, -0.2) is 13.1 Å². The Morgan fingerprint density at radius 1 is 1.08 bits per heavy atom. The second-order valence-electron chi connectivity index (χ2n) is 7.09. The number of ether oxygens (including phenoxy) is 1. The van der Waals surface area contributed by atoms with Crippen LogP contribution in [0.5, 0.6) is 5.75 Å². The number of hydrogen-bond acceptors (Lipinski definition) is 4. The van der Waals surface area contributed by atoms with Gasteiger partial charge in [0.2, 0.25) is 10.0 Å². The predicted molar refractivity (Wildman–Crippen MR) is 98.7 cm³/mol. The molecule has 1 aliphatic carbocycles. The van der Waals surface area contributed by atoms with Crippen LogP contribution in [0.1, 0.15) is 36.0 Å². The zero-order valence-corrected chi connectivity index (χ0v) is 15.4. The van der Waals surface area contributed by atoms with Crippen molar-refractivity contribution < 1.29 is 18.3 Å². The molecular weight excluding hydrogens is 350 g/mol. The van der Waals surface area contributed by atoms with E-state index in [1.807, 2.05) is 18.2 Å². The molecule has 0 aromatic heterocycles. The molecule has 0 radical (unpaired) electrons. The first-order chi connectivity index (χ1) is 12.5. The summed E-state index contributed by atoms with van der Waals surface area (Å²) >= 11 is 0. The summed E-state index contributed by atoms with van der Waals surface area (Å²) in [6, 6.07) is 12.6. The first-order valence-corrected chi connectivity index (χ1v) is 10.5. The molecule has 2 aromatic carbocycles. The van der Waals surface area contributed by atoms with Gasteiger partial charge in [-0.3, -0.25) is 0 Å². The van der Waals surface area contributed by atoms with Crippen molar-refractivity contribution in [3.8, 4) is 5.75 Å². The van der Waals surface area contributed by atoms with E-state index in [2.05, 4.69) is 4.72 Å². The number of hydrogen-bond donors (Lipinski definition) is 2. The second kappa shape index (κ2) is 6.68. The molecule has 0 bridgehead atoms. The van der Waals surface area contributed by atoms with Crippen molar-refractivity contribution in [1.82, 2.24) is 4.72 Å². The fourth-order valence-electron chi connectivity index (χ4n) is 3.80. The van der Waals surface area contributed by atoms with Crippen LogP contribution in [0.15, 0.2) is 47.4 Å². The quantitative estimate of drug-likeness (QED) is 0.864. The Morgan fingerprint density at radius 2 is 1.85 bits per heavy atom. The average Bonchev–Trinajstić information content (AvgIpc) is 2.67. The van der Waals surface area contributed by atoms with Gasteiger partial charge in [-0.05, 0) is 55.0 Å². The standard InChI is InChI=1S/C20H23NO4S/c22-20(11-12-25-19-8-4-3-7-18(19)20)14-21-26(23,24)17-10-9-15-5-1-2-6-16(15)13-17/h3-4,7-10,13,21-22H,1-2,5-6,11-12,14H2. The molecule has 1 heterocycles. The molecule has 4 rings (SSSR count). The van der Waals surface area contributed by atoms with Gasteiger partial charge in [-0.1, -0.05) is 24.3 Å². The maximum absolute atomic E-state index is 12.8. The Kier molecular flexibility index (Phi) is 4.50. The lowest BCUT2D eigenvalue weighted by molar-refractivity contribution is 0.00219. The summed E-state index contributed by atoms with van der Waals surface area (Å²) in [5.74, 6) is 0.606. The number of benzene rings is 2. The third-order valence-electron chi connectivity index (χ3n) is 5.35. The molecule has 0 spiro atoms. The average molecular weight is 373 g/mol. The van der Waals surface area contributed by atoms with Crippen molar-refractivity contribution in [2.45, 2.75) is 42.6 Å². The Balaban J connectivity index is 1.56. The summed E-state index contributed by atoms with van der Waals surface area (Å²) < 4.78 is 33.7. The fourth-order valence-corrected chi connectivity index (χ4v) is 4.94. The zero-order chi connectivity index (χ0) is 18.2. The highest BCUT2D eigenvalue weighted by Gasteiger charge is 2.36. The summed E-state index contributed by atoms with van der Waals surface area (Å²) in [5, 5.41) is 11.0. The van der Waals surface area contributed by atoms with Crippen molar-refractivity contribution in [3.63, 3.8) is 0 Å². The van der Waals surface area contributed by atoms with Crippen LogP contribution in [0.3, 0.4) is 0 Å². The van der Waals surface area contributed by atoms with Crippen LogP contribution in [0, 0.1) is 0 Å². The van der Waals surface area contributed by atoms with E-state index in [9.17, 15) is 13.5 Å². The summed E-state index contributed by atoms with van der Waals surface area (Å²) in [5.41, 5.74) is 1.72. The molecule has 1 unspecified atom stereocenters. The Hall–Kier alpha value is -1.89. The molecule has 5 nitrogen and oxygen atoms in total. The van der Waals surface area contributed by atoms with E-state index in [0.29, 0.717) is 24.3 Å². The minimum Gasteiger partial charge on any atom is -0.493 e. The van der Waals surface area contributed by atoms with Gasteiger partial charge in [0.25, 0.3) is 0 Å². The molecule has 2 N–H and O–H groups in total. The maximum Gasteiger partial charge on any atom is 0.240 e. The molecule has 0 saturated carbocycles. The highest BCUT2D eigenvalue weighted by atomic mass is 32.2. The molecule has 26 heavy (non-hydrogen) atoms. The molecule has 6 heteroatoms. The largest absolute Gasteiger partial charge is 0.493 e. The van der Waals surface area contributed by atoms with Gasteiger partial charge in [0.05, 0.1) is 11.5 Å². The highest BCUT2D eigenvalue weighted by molar-refractivity contribution is 7.89. The predicted octanol–water partition coefficient (Wildman–Crippen LogP) is 2.51. The van der Waals surface area contributed by atoms with Gasteiger partial charge in [-0.15, -0.1) is 0 Å². The first kappa shape index (κ1) is 17.5. The molecule has 0 fully saturated rings. The summed E-state index contributed by atoms with van der Waals surface area (Å²) in [6.07, 6.45) is 4.54. The topological polar surface area (TPSA) is 75.6 Å². The number of aryl methyl sites for hydroxylation is 2. The van der Waals surface area contributed by atoms with E-state index in [1.165, 1.54) is 5.56 Å². The van der Waals surface area contributed by atoms with Gasteiger partial charge in [0.1, 0.15) is 11.4 Å². The number of sulfonamides is 1. The molecule has 1 aliphatic heterocycles. The molecule has 138 valence electrons. The van der Waals surface area contributed by atoms with Crippen molar-refractivity contribution in [1.29, 1.82) is 0 Å². The SMILES string of the molecule is O=S(=O)(NCC1(O)CCOc2ccccc21)c1ccc2c(c1)CCCC2. The summed E-state index contributed by atoms with van der Waals surface area (Å²) in [6.45, 7) is 0.279. The summed E-state index contributed by atoms with van der Waals surface area (Å²) in [7, 11) is -3.68. The van der Waals surface area contributed by atoms with Gasteiger partial charge in [-0.2, -0.15) is 0 Å². The smallest absolute Gasteiger partial charge is 0.240 e. The molecule has 0 amide bonds. The van der Waals surface area contributed by atoms with Crippen LogP contribution in [-0.2, 0) is 28.5 Å². The van der Waals surface area contributed by atoms with Gasteiger partial charge >= 0.3 is 0 Å². The zero-order valence-electron chi connectivity index (χ0n) is 14.6. The van der Waals surface area contributed by atoms with E-state index in [0.717, 1.165) is 31.2 Å². The molecule has 2 aliphatic rings. The van der Waals surface area contributed by atoms with Crippen LogP contribution in [0.2, 0.25) is 0 Å². The first-order valence-electron chi connectivity index (χ1n) is 9.04. The highest BCUT2D eigenvalue weighted by Crippen LogP contribution is 2.36. The lowest BCUT2D eigenvalue weighted by atomic mass is 9.88. The van der Waals surface area contributed by atoms with Crippen LogP contribution < -0.4 is 9.46 Å². The maximum atomic E-state index is 12.8. The molecular formula is C20H23NO4S. The minimum absolute atomic E-state index is 0.0766. The van der Waals surface area contributed by atoms with Crippen molar-refractivity contribution in [3.05, 3.63) is 59.2 Å². The van der Waals surface area contributed by atoms with E-state index in [1.54, 1.807) is 24.3 Å². The molecule has 0 saturated heterocycles. The van der Waals surface area contributed by atoms with E-state index < -0.39 is 15.6 Å². The second-order valence-corrected chi connectivity index (χ2v) is 8.86. The molecule has 1 atom stereocenters. The molecule has 2 aromatic rings. The van der Waals surface area contributed by atoms with Crippen LogP contribution in [-0.4, -0.2) is 26.7 Å². The van der Waals surface area contributed by atoms with E-state index >= 15 is 0 Å². The fraction of sp³-hybridized carbons (Fsp3) is 0.400. The van der Waals surface area contributed by atoms with Crippen molar-refractivity contribution in [2.75, 3.05) is 13.2 Å². The minimum atomic E-state index is -3.68. The Morgan fingerprint density at radius 3 is 2.69 bits per heavy atom. The monoisotopic (exact) mass is 373 g/mol. The number of rotatable bonds is 4. The van der Waals surface area contributed by atoms with Crippen molar-refractivity contribution >= 4 is 10.0 Å². The number of fused-ring (bicyclic) bond motifs is 2. The van der Waals surface area contributed by atoms with E-state index in [4.69, 9.17) is 4.74 Å². The normalized spacial score (nSPS) is 22.2. The third-order valence-corrected chi connectivity index (χ3v) is 6.75. The number of aliphatic hydroxyl groups is 1. The van der Waals surface area contributed by atoms with Crippen LogP contribution >= 0.6 is 0 Å². The Bertz CT molecular complexity index is 925. The van der Waals surface area contributed by atoms with Gasteiger partial charge in [0.15, 0.2) is 0 Å². The van der Waals surface area contributed by atoms with Crippen LogP contribution in [0.25, 0.3) is 0 Å². The van der Waals surface area contributed by atoms with Gasteiger partial charge in [0, 0.05) is 18.5 Å². The lowest BCUT2D eigenvalue weighted by Crippen LogP contribution is -2.43. The van der Waals surface area contributed by atoms with Crippen molar-refractivity contribution in [2.24, 2.45) is 0 Å². The van der Waals surface area contributed by atoms with Crippen LogP contribution in [0.4, 0.5) is 0 Å². The Labute approximate surface area is 154 Å².